The maximum atomic E-state index is 9.02. The second-order valence-corrected chi connectivity index (χ2v) is 5.64. The first-order valence-corrected chi connectivity index (χ1v) is 6.56. The van der Waals surface area contributed by atoms with E-state index in [-0.39, 0.29) is 0 Å². The van der Waals surface area contributed by atoms with E-state index in [2.05, 4.69) is 11.1 Å². The minimum atomic E-state index is 0.487. The van der Waals surface area contributed by atoms with Crippen LogP contribution in [0, 0.1) is 18.3 Å². The number of nitriles is 1. The Labute approximate surface area is 107 Å². The molecular weight excluding hydrogens is 260 g/mol. The van der Waals surface area contributed by atoms with Crippen LogP contribution in [0.3, 0.4) is 0 Å². The molecule has 0 radical (unpaired) electrons. The van der Waals surface area contributed by atoms with Crippen molar-refractivity contribution in [1.29, 1.82) is 5.26 Å². The van der Waals surface area contributed by atoms with Crippen molar-refractivity contribution >= 4 is 34.7 Å². The average molecular weight is 267 g/mol. The van der Waals surface area contributed by atoms with Gasteiger partial charge in [-0.2, -0.15) is 5.26 Å². The van der Waals surface area contributed by atoms with Crippen molar-refractivity contribution in [3.8, 4) is 6.07 Å². The summed E-state index contributed by atoms with van der Waals surface area (Å²) in [4.78, 5) is 5.19. The first-order valence-electron chi connectivity index (χ1n) is 4.49. The van der Waals surface area contributed by atoms with Gasteiger partial charge >= 0.3 is 0 Å². The van der Waals surface area contributed by atoms with E-state index in [9.17, 15) is 0 Å². The van der Waals surface area contributed by atoms with Crippen LogP contribution in [-0.2, 0) is 0 Å². The Balaban J connectivity index is 2.35. The maximum Gasteiger partial charge on any atom is 0.154 e. The van der Waals surface area contributed by atoms with Crippen molar-refractivity contribution in [2.75, 3.05) is 0 Å². The van der Waals surface area contributed by atoms with Crippen LogP contribution >= 0.6 is 34.7 Å². The number of hydrogen-bond acceptors (Lipinski definition) is 4. The largest absolute Gasteiger partial charge is 0.235 e. The second kappa shape index (κ2) is 4.88. The third-order valence-corrected chi connectivity index (χ3v) is 4.31. The Hall–Kier alpha value is -1.02. The highest BCUT2D eigenvalue weighted by molar-refractivity contribution is 8.01. The topological polar surface area (TPSA) is 36.7 Å². The van der Waals surface area contributed by atoms with Gasteiger partial charge in [0.1, 0.15) is 6.07 Å². The smallest absolute Gasteiger partial charge is 0.154 e. The van der Waals surface area contributed by atoms with Gasteiger partial charge < -0.3 is 0 Å². The highest BCUT2D eigenvalue weighted by atomic mass is 35.5. The standard InChI is InChI=1S/C11H7ClN2S2/c1-7-6-15-11(14-7)16-10-4-2-3-9(12)8(10)5-13/h2-4,6H,1H3. The summed E-state index contributed by atoms with van der Waals surface area (Å²) in [6.45, 7) is 1.95. The molecule has 0 bridgehead atoms. The highest BCUT2D eigenvalue weighted by Gasteiger charge is 2.09. The predicted octanol–water partition coefficient (Wildman–Crippen LogP) is 4.13. The molecule has 0 amide bonds. The zero-order valence-corrected chi connectivity index (χ0v) is 10.8. The molecule has 1 aromatic heterocycles. The molecule has 0 fully saturated rings. The normalized spacial score (nSPS) is 10.1. The highest BCUT2D eigenvalue weighted by Crippen LogP contribution is 2.34. The van der Waals surface area contributed by atoms with Crippen molar-refractivity contribution in [1.82, 2.24) is 4.98 Å². The molecule has 0 aliphatic rings. The van der Waals surface area contributed by atoms with Gasteiger partial charge in [-0.1, -0.05) is 29.4 Å². The van der Waals surface area contributed by atoms with Crippen LogP contribution in [0.1, 0.15) is 11.3 Å². The van der Waals surface area contributed by atoms with Crippen molar-refractivity contribution < 1.29 is 0 Å². The average Bonchev–Trinajstić information content (AvgIpc) is 2.64. The van der Waals surface area contributed by atoms with E-state index in [4.69, 9.17) is 16.9 Å². The molecule has 16 heavy (non-hydrogen) atoms. The summed E-state index contributed by atoms with van der Waals surface area (Å²) in [5, 5.41) is 11.5. The molecule has 0 unspecified atom stereocenters. The van der Waals surface area contributed by atoms with Crippen LogP contribution in [0.25, 0.3) is 0 Å². The summed E-state index contributed by atoms with van der Waals surface area (Å²) in [5.41, 5.74) is 1.51. The van der Waals surface area contributed by atoms with Gasteiger partial charge in [0, 0.05) is 16.0 Å². The molecular formula is C11H7ClN2S2. The molecule has 0 saturated carbocycles. The van der Waals surface area contributed by atoms with E-state index in [0.717, 1.165) is 14.9 Å². The summed E-state index contributed by atoms with van der Waals surface area (Å²) in [6, 6.07) is 7.55. The van der Waals surface area contributed by atoms with Gasteiger partial charge in [0.05, 0.1) is 10.6 Å². The molecule has 2 aromatic rings. The Bertz CT molecular complexity index is 557. The van der Waals surface area contributed by atoms with Gasteiger partial charge in [0.2, 0.25) is 0 Å². The van der Waals surface area contributed by atoms with E-state index in [1.807, 2.05) is 24.4 Å². The molecule has 5 heteroatoms. The lowest BCUT2D eigenvalue weighted by Gasteiger charge is -2.01. The third kappa shape index (κ3) is 2.38. The number of rotatable bonds is 2. The van der Waals surface area contributed by atoms with Crippen molar-refractivity contribution in [2.24, 2.45) is 0 Å². The van der Waals surface area contributed by atoms with Crippen LogP contribution in [0.15, 0.2) is 32.8 Å². The Kier molecular flexibility index (Phi) is 3.49. The number of thiazole rings is 1. The molecule has 1 heterocycles. The quantitative estimate of drug-likeness (QED) is 0.820. The number of aromatic nitrogens is 1. The Morgan fingerprint density at radius 1 is 1.50 bits per heavy atom. The summed E-state index contributed by atoms with van der Waals surface area (Å²) in [5.74, 6) is 0. The fourth-order valence-corrected chi connectivity index (χ4v) is 3.35. The third-order valence-electron chi connectivity index (χ3n) is 1.88. The lowest BCUT2D eigenvalue weighted by molar-refractivity contribution is 1.16. The van der Waals surface area contributed by atoms with Gasteiger partial charge in [0.15, 0.2) is 4.34 Å². The fourth-order valence-electron chi connectivity index (χ4n) is 1.17. The molecule has 0 N–H and O–H groups in total. The minimum Gasteiger partial charge on any atom is -0.235 e. The number of nitrogens with zero attached hydrogens (tertiary/aromatic N) is 2. The van der Waals surface area contributed by atoms with Crippen LogP contribution in [0.5, 0.6) is 0 Å². The molecule has 80 valence electrons. The zero-order valence-electron chi connectivity index (χ0n) is 8.40. The number of aryl methyl sites for hydroxylation is 1. The van der Waals surface area contributed by atoms with Crippen molar-refractivity contribution in [2.45, 2.75) is 16.2 Å². The van der Waals surface area contributed by atoms with E-state index < -0.39 is 0 Å². The molecule has 0 aliphatic heterocycles. The van der Waals surface area contributed by atoms with Crippen molar-refractivity contribution in [3.05, 3.63) is 39.9 Å². The molecule has 0 saturated heterocycles. The van der Waals surface area contributed by atoms with Gasteiger partial charge in [-0.3, -0.25) is 0 Å². The zero-order chi connectivity index (χ0) is 11.5. The predicted molar refractivity (Wildman–Crippen MR) is 67.1 cm³/mol. The molecule has 2 rings (SSSR count). The van der Waals surface area contributed by atoms with Crippen LogP contribution in [-0.4, -0.2) is 4.98 Å². The molecule has 2 nitrogen and oxygen atoms in total. The van der Waals surface area contributed by atoms with E-state index in [1.165, 1.54) is 11.8 Å². The maximum absolute atomic E-state index is 9.02. The second-order valence-electron chi connectivity index (χ2n) is 3.08. The molecule has 0 spiro atoms. The van der Waals surface area contributed by atoms with Crippen molar-refractivity contribution in [3.63, 3.8) is 0 Å². The van der Waals surface area contributed by atoms with Gasteiger partial charge in [0.25, 0.3) is 0 Å². The van der Waals surface area contributed by atoms with Gasteiger partial charge in [-0.25, -0.2) is 4.98 Å². The first-order chi connectivity index (χ1) is 7.70. The van der Waals surface area contributed by atoms with Gasteiger partial charge in [-0.15, -0.1) is 11.3 Å². The molecule has 0 aliphatic carbocycles. The number of halogens is 1. The lowest BCUT2D eigenvalue weighted by atomic mass is 10.2. The van der Waals surface area contributed by atoms with Crippen LogP contribution < -0.4 is 0 Å². The summed E-state index contributed by atoms with van der Waals surface area (Å²) >= 11 is 8.99. The fraction of sp³-hybridized carbons (Fsp3) is 0.0909. The lowest BCUT2D eigenvalue weighted by Crippen LogP contribution is -1.82. The summed E-state index contributed by atoms with van der Waals surface area (Å²) < 4.78 is 0.927. The molecule has 0 atom stereocenters. The minimum absolute atomic E-state index is 0.487. The van der Waals surface area contributed by atoms with Crippen LogP contribution in [0.4, 0.5) is 0 Å². The Morgan fingerprint density at radius 3 is 2.94 bits per heavy atom. The molecule has 1 aromatic carbocycles. The number of benzene rings is 1. The van der Waals surface area contributed by atoms with E-state index in [1.54, 1.807) is 17.4 Å². The summed E-state index contributed by atoms with van der Waals surface area (Å²) in [6.07, 6.45) is 0. The monoisotopic (exact) mass is 266 g/mol. The van der Waals surface area contributed by atoms with Crippen LogP contribution in [0.2, 0.25) is 5.02 Å². The first kappa shape index (κ1) is 11.5. The van der Waals surface area contributed by atoms with E-state index >= 15 is 0 Å². The SMILES string of the molecule is Cc1csc(Sc2cccc(Cl)c2C#N)n1. The van der Waals surface area contributed by atoms with Gasteiger partial charge in [-0.05, 0) is 19.1 Å². The summed E-state index contributed by atoms with van der Waals surface area (Å²) in [7, 11) is 0. The Morgan fingerprint density at radius 2 is 2.31 bits per heavy atom. The number of hydrogen-bond donors (Lipinski definition) is 0. The van der Waals surface area contributed by atoms with E-state index in [0.29, 0.717) is 10.6 Å².